The van der Waals surface area contributed by atoms with Crippen molar-refractivity contribution in [2.75, 3.05) is 45.9 Å². The topological polar surface area (TPSA) is 66.4 Å². The molecule has 0 spiro atoms. The summed E-state index contributed by atoms with van der Waals surface area (Å²) in [7, 11) is 0. The van der Waals surface area contributed by atoms with Gasteiger partial charge in [-0.3, -0.25) is 4.79 Å². The summed E-state index contributed by atoms with van der Waals surface area (Å²) in [5.74, 6) is 2.56. The van der Waals surface area contributed by atoms with Gasteiger partial charge in [0.05, 0.1) is 6.54 Å². The van der Waals surface area contributed by atoms with Crippen LogP contribution < -0.4 is 14.8 Å². The number of piperazine rings is 1. The summed E-state index contributed by atoms with van der Waals surface area (Å²) in [4.78, 5) is 20.3. The van der Waals surface area contributed by atoms with E-state index in [4.69, 9.17) is 14.5 Å². The Kier molecular flexibility index (Phi) is 7.80. The largest absolute Gasteiger partial charge is 0.486 e. The second-order valence-corrected chi connectivity index (χ2v) is 6.19. The number of fused-ring (bicyclic) bond motifs is 1. The molecule has 1 amide bonds. The molecule has 3 rings (SSSR count). The lowest BCUT2D eigenvalue weighted by Gasteiger charge is -2.36. The molecule has 1 aromatic rings. The lowest BCUT2D eigenvalue weighted by molar-refractivity contribution is -0.130. The molecule has 0 radical (unpaired) electrons. The Morgan fingerprint density at radius 3 is 2.50 bits per heavy atom. The Hall–Kier alpha value is -1.71. The molecule has 1 saturated heterocycles. The van der Waals surface area contributed by atoms with Gasteiger partial charge in [0.2, 0.25) is 5.91 Å². The molecule has 2 heterocycles. The quantitative estimate of drug-likeness (QED) is 0.410. The molecule has 2 aliphatic heterocycles. The summed E-state index contributed by atoms with van der Waals surface area (Å²) in [5, 5.41) is 3.33. The van der Waals surface area contributed by atoms with Crippen LogP contribution in [0.5, 0.6) is 11.5 Å². The molecule has 1 fully saturated rings. The fourth-order valence-corrected chi connectivity index (χ4v) is 3.00. The van der Waals surface area contributed by atoms with E-state index in [1.165, 1.54) is 0 Å². The number of carbonyl (C=O) groups is 1. The zero-order chi connectivity index (χ0) is 17.6. The van der Waals surface area contributed by atoms with E-state index in [1.54, 1.807) is 6.92 Å². The third kappa shape index (κ3) is 5.15. The van der Waals surface area contributed by atoms with E-state index in [0.29, 0.717) is 13.2 Å². The van der Waals surface area contributed by atoms with Crippen LogP contribution in [-0.2, 0) is 4.79 Å². The van der Waals surface area contributed by atoms with Crippen LogP contribution in [0.15, 0.2) is 29.3 Å². The van der Waals surface area contributed by atoms with E-state index in [0.717, 1.165) is 50.2 Å². The zero-order valence-electron chi connectivity index (χ0n) is 15.3. The predicted molar refractivity (Wildman–Crippen MR) is 112 cm³/mol. The van der Waals surface area contributed by atoms with Crippen molar-refractivity contribution in [2.24, 2.45) is 4.99 Å². The number of hydrogen-bond donors (Lipinski definition) is 1. The molecule has 1 aromatic carbocycles. The van der Waals surface area contributed by atoms with E-state index >= 15 is 0 Å². The first-order chi connectivity index (χ1) is 12.2. The molecule has 8 heteroatoms. The number of nitrogens with one attached hydrogen (secondary N) is 1. The monoisotopic (exact) mass is 474 g/mol. The Bertz CT molecular complexity index is 633. The number of hydrogen-bond acceptors (Lipinski definition) is 4. The molecule has 2 aliphatic rings. The molecule has 26 heavy (non-hydrogen) atoms. The molecule has 1 unspecified atom stereocenters. The number of ether oxygens (including phenoxy) is 2. The van der Waals surface area contributed by atoms with Crippen molar-refractivity contribution in [3.8, 4) is 11.5 Å². The van der Waals surface area contributed by atoms with Crippen LogP contribution in [0.4, 0.5) is 0 Å². The highest BCUT2D eigenvalue weighted by molar-refractivity contribution is 14.0. The van der Waals surface area contributed by atoms with Crippen molar-refractivity contribution in [3.63, 3.8) is 0 Å². The van der Waals surface area contributed by atoms with E-state index in [2.05, 4.69) is 17.1 Å². The third-order valence-corrected chi connectivity index (χ3v) is 4.37. The summed E-state index contributed by atoms with van der Waals surface area (Å²) in [5.41, 5.74) is 0. The zero-order valence-corrected chi connectivity index (χ0v) is 17.6. The van der Waals surface area contributed by atoms with Crippen molar-refractivity contribution >= 4 is 35.8 Å². The van der Waals surface area contributed by atoms with Gasteiger partial charge in [0.1, 0.15) is 6.61 Å². The van der Waals surface area contributed by atoms with Crippen LogP contribution in [0, 0.1) is 0 Å². The second-order valence-electron chi connectivity index (χ2n) is 6.19. The van der Waals surface area contributed by atoms with Crippen LogP contribution in [0.1, 0.15) is 13.8 Å². The molecule has 0 aromatic heterocycles. The number of carbonyl (C=O) groups excluding carboxylic acids is 1. The molecular weight excluding hydrogens is 447 g/mol. The highest BCUT2D eigenvalue weighted by Gasteiger charge is 2.23. The predicted octanol–water partition coefficient (Wildman–Crippen LogP) is 1.57. The maximum Gasteiger partial charge on any atom is 0.219 e. The molecule has 7 nitrogen and oxygen atoms in total. The number of halogens is 1. The van der Waals surface area contributed by atoms with Crippen molar-refractivity contribution in [1.29, 1.82) is 0 Å². The number of aliphatic imine (C=N–C) groups is 1. The first-order valence-electron chi connectivity index (χ1n) is 8.84. The summed E-state index contributed by atoms with van der Waals surface area (Å²) < 4.78 is 11.7. The highest BCUT2D eigenvalue weighted by Crippen LogP contribution is 2.30. The Morgan fingerprint density at radius 1 is 1.19 bits per heavy atom. The fourth-order valence-electron chi connectivity index (χ4n) is 3.00. The first-order valence-corrected chi connectivity index (χ1v) is 8.84. The van der Waals surface area contributed by atoms with E-state index in [1.807, 2.05) is 29.2 Å². The number of benzene rings is 1. The van der Waals surface area contributed by atoms with Gasteiger partial charge in [-0.1, -0.05) is 12.1 Å². The smallest absolute Gasteiger partial charge is 0.219 e. The molecule has 1 atom stereocenters. The normalized spacial score (nSPS) is 19.6. The molecule has 0 bridgehead atoms. The van der Waals surface area contributed by atoms with Crippen molar-refractivity contribution in [2.45, 2.75) is 20.0 Å². The molecule has 0 saturated carbocycles. The highest BCUT2D eigenvalue weighted by atomic mass is 127. The lowest BCUT2D eigenvalue weighted by Crippen LogP contribution is -2.53. The fraction of sp³-hybridized carbons (Fsp3) is 0.556. The minimum absolute atomic E-state index is 0. The van der Waals surface area contributed by atoms with Gasteiger partial charge in [-0.05, 0) is 19.1 Å². The van der Waals surface area contributed by atoms with Crippen LogP contribution in [0.25, 0.3) is 0 Å². The summed E-state index contributed by atoms with van der Waals surface area (Å²) in [6.45, 7) is 8.54. The van der Waals surface area contributed by atoms with Gasteiger partial charge in [0.15, 0.2) is 23.6 Å². The van der Waals surface area contributed by atoms with Crippen LogP contribution in [0.2, 0.25) is 0 Å². The maximum absolute atomic E-state index is 11.5. The molecule has 1 N–H and O–H groups in total. The first kappa shape index (κ1) is 20.6. The molecular formula is C18H27IN4O3. The van der Waals surface area contributed by atoms with Gasteiger partial charge >= 0.3 is 0 Å². The van der Waals surface area contributed by atoms with Gasteiger partial charge in [0.25, 0.3) is 0 Å². The average Bonchev–Trinajstić information content (AvgIpc) is 2.65. The lowest BCUT2D eigenvalue weighted by atomic mass is 10.2. The number of amides is 1. The molecule has 0 aliphatic carbocycles. The Morgan fingerprint density at radius 2 is 1.85 bits per heavy atom. The van der Waals surface area contributed by atoms with Crippen molar-refractivity contribution in [3.05, 3.63) is 24.3 Å². The van der Waals surface area contributed by atoms with Gasteiger partial charge in [0, 0.05) is 39.6 Å². The minimum atomic E-state index is -0.0953. The Balaban J connectivity index is 0.00000243. The minimum Gasteiger partial charge on any atom is -0.486 e. The summed E-state index contributed by atoms with van der Waals surface area (Å²) in [6, 6.07) is 7.70. The number of rotatable bonds is 3. The van der Waals surface area contributed by atoms with Crippen molar-refractivity contribution in [1.82, 2.24) is 15.1 Å². The van der Waals surface area contributed by atoms with Gasteiger partial charge in [-0.15, -0.1) is 24.0 Å². The summed E-state index contributed by atoms with van der Waals surface area (Å²) >= 11 is 0. The number of nitrogens with zero attached hydrogens (tertiary/aromatic N) is 3. The van der Waals surface area contributed by atoms with E-state index < -0.39 is 0 Å². The Labute approximate surface area is 171 Å². The van der Waals surface area contributed by atoms with Crippen LogP contribution in [0.3, 0.4) is 0 Å². The van der Waals surface area contributed by atoms with Crippen LogP contribution >= 0.6 is 24.0 Å². The van der Waals surface area contributed by atoms with Gasteiger partial charge in [-0.2, -0.15) is 0 Å². The second kappa shape index (κ2) is 9.84. The number of guanidine groups is 1. The summed E-state index contributed by atoms with van der Waals surface area (Å²) in [6.07, 6.45) is -0.0953. The van der Waals surface area contributed by atoms with Gasteiger partial charge < -0.3 is 24.6 Å². The SMILES string of the molecule is CCNC(=NCC1COc2ccccc2O1)N1CCN(C(C)=O)CC1.I. The molecule has 144 valence electrons. The third-order valence-electron chi connectivity index (χ3n) is 4.37. The van der Waals surface area contributed by atoms with Crippen molar-refractivity contribution < 1.29 is 14.3 Å². The van der Waals surface area contributed by atoms with Gasteiger partial charge in [-0.25, -0.2) is 4.99 Å². The van der Waals surface area contributed by atoms with E-state index in [-0.39, 0.29) is 36.0 Å². The number of para-hydroxylation sites is 2. The van der Waals surface area contributed by atoms with E-state index in [9.17, 15) is 4.79 Å². The maximum atomic E-state index is 11.5. The van der Waals surface area contributed by atoms with Crippen LogP contribution in [-0.4, -0.2) is 73.6 Å². The standard InChI is InChI=1S/C18H26N4O3.HI/c1-3-19-18(22-10-8-21(9-11-22)14(2)23)20-12-15-13-24-16-6-4-5-7-17(16)25-15;/h4-7,15H,3,8-13H2,1-2H3,(H,19,20);1H. The average molecular weight is 474 g/mol.